The maximum atomic E-state index is 12.4. The average molecular weight is 255 g/mol. The van der Waals surface area contributed by atoms with Crippen LogP contribution in [0.5, 0.6) is 0 Å². The van der Waals surface area contributed by atoms with Crippen LogP contribution in [0.1, 0.15) is 17.6 Å². The molecule has 0 atom stereocenters. The Balaban J connectivity index is 3.33. The largest absolute Gasteiger partial charge is 0.266 e. The van der Waals surface area contributed by atoms with E-state index in [0.717, 1.165) is 5.56 Å². The van der Waals surface area contributed by atoms with E-state index >= 15 is 0 Å². The minimum Gasteiger partial charge on any atom is -0.205 e. The topological polar surface area (TPSA) is 0 Å². The summed E-state index contributed by atoms with van der Waals surface area (Å²) in [5.74, 6) is 0. The van der Waals surface area contributed by atoms with E-state index in [1.807, 2.05) is 0 Å². The van der Waals surface area contributed by atoms with Crippen molar-refractivity contribution in [2.45, 2.75) is 13.3 Å². The Kier molecular flexibility index (Phi) is 3.07. The van der Waals surface area contributed by atoms with Crippen LogP contribution in [0.4, 0.5) is 8.78 Å². The lowest BCUT2D eigenvalue weighted by molar-refractivity contribution is 0.150. The van der Waals surface area contributed by atoms with E-state index in [-0.39, 0.29) is 10.6 Å². The van der Waals surface area contributed by atoms with E-state index in [0.29, 0.717) is 4.47 Å². The molecule has 0 aliphatic heterocycles. The summed E-state index contributed by atoms with van der Waals surface area (Å²) in [7, 11) is 0. The molecule has 0 saturated carbocycles. The van der Waals surface area contributed by atoms with Crippen LogP contribution in [-0.4, -0.2) is 0 Å². The standard InChI is InChI=1S/C8H6BrClF2/c1-4-2-3-5(10)6(7(4)9)8(11)12/h2-3,8H,1H3. The maximum Gasteiger partial charge on any atom is 0.266 e. The van der Waals surface area contributed by atoms with Crippen LogP contribution < -0.4 is 0 Å². The van der Waals surface area contributed by atoms with E-state index in [1.54, 1.807) is 13.0 Å². The Morgan fingerprint density at radius 2 is 2.00 bits per heavy atom. The van der Waals surface area contributed by atoms with E-state index < -0.39 is 6.43 Å². The molecule has 0 radical (unpaired) electrons. The molecule has 1 aromatic carbocycles. The molecule has 0 saturated heterocycles. The summed E-state index contributed by atoms with van der Waals surface area (Å²) < 4.78 is 25.1. The molecule has 0 N–H and O–H groups in total. The minimum atomic E-state index is -2.54. The Labute approximate surface area is 82.7 Å². The van der Waals surface area contributed by atoms with Crippen molar-refractivity contribution >= 4 is 27.5 Å². The van der Waals surface area contributed by atoms with Gasteiger partial charge in [0.25, 0.3) is 6.43 Å². The molecule has 4 heteroatoms. The SMILES string of the molecule is Cc1ccc(Cl)c(C(F)F)c1Br. The highest BCUT2D eigenvalue weighted by atomic mass is 79.9. The third kappa shape index (κ3) is 1.77. The van der Waals surface area contributed by atoms with Crippen LogP contribution in [0.15, 0.2) is 16.6 Å². The van der Waals surface area contributed by atoms with Gasteiger partial charge in [0.05, 0.1) is 10.6 Å². The number of alkyl halides is 2. The van der Waals surface area contributed by atoms with Crippen molar-refractivity contribution in [1.29, 1.82) is 0 Å². The molecule has 0 spiro atoms. The van der Waals surface area contributed by atoms with Crippen LogP contribution in [0, 0.1) is 6.92 Å². The second-order valence-electron chi connectivity index (χ2n) is 2.39. The van der Waals surface area contributed by atoms with E-state index in [1.165, 1.54) is 6.07 Å². The summed E-state index contributed by atoms with van der Waals surface area (Å²) in [6.45, 7) is 1.74. The van der Waals surface area contributed by atoms with Gasteiger partial charge in [-0.2, -0.15) is 0 Å². The summed E-state index contributed by atoms with van der Waals surface area (Å²) in [5.41, 5.74) is 0.631. The zero-order valence-corrected chi connectivity index (χ0v) is 8.59. The lowest BCUT2D eigenvalue weighted by Crippen LogP contribution is -1.90. The molecule has 1 rings (SSSR count). The molecule has 0 bridgehead atoms. The Bertz CT molecular complexity index is 299. The van der Waals surface area contributed by atoms with Gasteiger partial charge in [-0.1, -0.05) is 17.7 Å². The molecule has 1 aromatic rings. The fourth-order valence-electron chi connectivity index (χ4n) is 0.878. The molecular weight excluding hydrogens is 249 g/mol. The monoisotopic (exact) mass is 254 g/mol. The molecule has 0 aliphatic rings. The number of hydrogen-bond acceptors (Lipinski definition) is 0. The molecular formula is C8H6BrClF2. The van der Waals surface area contributed by atoms with Crippen molar-refractivity contribution in [3.63, 3.8) is 0 Å². The van der Waals surface area contributed by atoms with Crippen LogP contribution in [0.3, 0.4) is 0 Å². The predicted molar refractivity (Wildman–Crippen MR) is 48.8 cm³/mol. The predicted octanol–water partition coefficient (Wildman–Crippen LogP) is 4.35. The summed E-state index contributed by atoms with van der Waals surface area (Å²) in [6, 6.07) is 3.17. The van der Waals surface area contributed by atoms with Crippen molar-refractivity contribution in [2.24, 2.45) is 0 Å². The van der Waals surface area contributed by atoms with Crippen LogP contribution in [0.2, 0.25) is 5.02 Å². The number of benzene rings is 1. The minimum absolute atomic E-state index is 0.0995. The van der Waals surface area contributed by atoms with Crippen LogP contribution in [-0.2, 0) is 0 Å². The summed E-state index contributed by atoms with van der Waals surface area (Å²) >= 11 is 8.65. The van der Waals surface area contributed by atoms with E-state index in [4.69, 9.17) is 11.6 Å². The van der Waals surface area contributed by atoms with Gasteiger partial charge in [0, 0.05) is 4.47 Å². The van der Waals surface area contributed by atoms with Gasteiger partial charge in [-0.3, -0.25) is 0 Å². The summed E-state index contributed by atoms with van der Waals surface area (Å²) in [6.07, 6.45) is -2.54. The Morgan fingerprint density at radius 3 is 2.42 bits per heavy atom. The molecule has 0 aromatic heterocycles. The first-order valence-electron chi connectivity index (χ1n) is 3.26. The molecule has 12 heavy (non-hydrogen) atoms. The van der Waals surface area contributed by atoms with Gasteiger partial charge in [0.1, 0.15) is 0 Å². The highest BCUT2D eigenvalue weighted by Gasteiger charge is 2.16. The third-order valence-corrected chi connectivity index (χ3v) is 2.92. The zero-order valence-electron chi connectivity index (χ0n) is 6.24. The van der Waals surface area contributed by atoms with Crippen molar-refractivity contribution in [2.75, 3.05) is 0 Å². The molecule has 0 aliphatic carbocycles. The molecule has 0 amide bonds. The van der Waals surface area contributed by atoms with Gasteiger partial charge in [-0.05, 0) is 34.5 Å². The average Bonchev–Trinajstić information content (AvgIpc) is 1.97. The lowest BCUT2D eigenvalue weighted by atomic mass is 10.1. The highest BCUT2D eigenvalue weighted by Crippen LogP contribution is 2.35. The van der Waals surface area contributed by atoms with E-state index in [9.17, 15) is 8.78 Å². The first kappa shape index (κ1) is 9.93. The van der Waals surface area contributed by atoms with Gasteiger partial charge in [0.15, 0.2) is 0 Å². The van der Waals surface area contributed by atoms with Gasteiger partial charge in [-0.25, -0.2) is 8.78 Å². The van der Waals surface area contributed by atoms with Gasteiger partial charge in [0.2, 0.25) is 0 Å². The number of halogens is 4. The maximum absolute atomic E-state index is 12.4. The number of hydrogen-bond donors (Lipinski definition) is 0. The van der Waals surface area contributed by atoms with Crippen LogP contribution in [0.25, 0.3) is 0 Å². The molecule has 0 fully saturated rings. The third-order valence-electron chi connectivity index (χ3n) is 1.54. The second kappa shape index (κ2) is 3.71. The Hall–Kier alpha value is -0.150. The van der Waals surface area contributed by atoms with E-state index in [2.05, 4.69) is 15.9 Å². The Morgan fingerprint density at radius 1 is 1.42 bits per heavy atom. The van der Waals surface area contributed by atoms with Crippen molar-refractivity contribution in [3.8, 4) is 0 Å². The summed E-state index contributed by atoms with van der Waals surface area (Å²) in [4.78, 5) is 0. The normalized spacial score (nSPS) is 10.8. The quantitative estimate of drug-likeness (QED) is 0.700. The first-order valence-corrected chi connectivity index (χ1v) is 4.43. The van der Waals surface area contributed by atoms with Crippen molar-refractivity contribution in [3.05, 3.63) is 32.8 Å². The summed E-state index contributed by atoms with van der Waals surface area (Å²) in [5, 5.41) is 0.0995. The van der Waals surface area contributed by atoms with Crippen molar-refractivity contribution in [1.82, 2.24) is 0 Å². The smallest absolute Gasteiger partial charge is 0.205 e. The van der Waals surface area contributed by atoms with Crippen molar-refractivity contribution < 1.29 is 8.78 Å². The molecule has 0 heterocycles. The highest BCUT2D eigenvalue weighted by molar-refractivity contribution is 9.10. The first-order chi connectivity index (χ1) is 5.54. The van der Waals surface area contributed by atoms with Gasteiger partial charge >= 0.3 is 0 Å². The van der Waals surface area contributed by atoms with Gasteiger partial charge < -0.3 is 0 Å². The van der Waals surface area contributed by atoms with Crippen LogP contribution >= 0.6 is 27.5 Å². The lowest BCUT2D eigenvalue weighted by Gasteiger charge is -2.07. The fraction of sp³-hybridized carbons (Fsp3) is 0.250. The van der Waals surface area contributed by atoms with Gasteiger partial charge in [-0.15, -0.1) is 0 Å². The zero-order chi connectivity index (χ0) is 9.30. The molecule has 0 nitrogen and oxygen atoms in total. The molecule has 0 unspecified atom stereocenters. The second-order valence-corrected chi connectivity index (χ2v) is 3.59. The number of aryl methyl sites for hydroxylation is 1. The fourth-order valence-corrected chi connectivity index (χ4v) is 1.75. The molecule has 66 valence electrons. The number of rotatable bonds is 1.